The van der Waals surface area contributed by atoms with Gasteiger partial charge in [-0.15, -0.1) is 0 Å². The van der Waals surface area contributed by atoms with E-state index < -0.39 is 18.1 Å². The Balaban J connectivity index is 2.38. The van der Waals surface area contributed by atoms with Gasteiger partial charge in [-0.2, -0.15) is 0 Å². The van der Waals surface area contributed by atoms with Crippen LogP contribution in [0.5, 0.6) is 0 Å². The van der Waals surface area contributed by atoms with Gasteiger partial charge in [-0.25, -0.2) is 4.79 Å². The van der Waals surface area contributed by atoms with Crippen LogP contribution in [0.15, 0.2) is 24.3 Å². The molecule has 0 bridgehead atoms. The van der Waals surface area contributed by atoms with Crippen molar-refractivity contribution >= 4 is 23.5 Å². The number of carbonyl (C=O) groups excluding carboxylic acids is 1. The van der Waals surface area contributed by atoms with Gasteiger partial charge in [0.1, 0.15) is 6.61 Å². The molecule has 1 aromatic rings. The average Bonchev–Trinajstić information content (AvgIpc) is 2.45. The summed E-state index contributed by atoms with van der Waals surface area (Å²) in [5, 5.41) is 9.82. The van der Waals surface area contributed by atoms with Crippen LogP contribution in [0.1, 0.15) is 11.6 Å². The normalized spacial score (nSPS) is 22.4. The molecule has 7 heteroatoms. The number of nitrogens with zero attached hydrogens (tertiary/aromatic N) is 1. The van der Waals surface area contributed by atoms with Crippen molar-refractivity contribution in [2.45, 2.75) is 12.1 Å². The van der Waals surface area contributed by atoms with E-state index in [1.165, 1.54) is 12.0 Å². The van der Waals surface area contributed by atoms with Gasteiger partial charge in [0.15, 0.2) is 6.10 Å². The first-order valence-electron chi connectivity index (χ1n) is 6.43. The molecule has 1 heterocycles. The highest BCUT2D eigenvalue weighted by molar-refractivity contribution is 6.30. The number of rotatable bonds is 5. The standard InChI is InChI=1S/C14H16ClNO5/c1-20-6-5-16-11(17)8-21-13(14(18)19)12(16)9-3-2-4-10(15)7-9/h2-4,7,12-13H,5-6,8H2,1H3,(H,18,19). The highest BCUT2D eigenvalue weighted by atomic mass is 35.5. The number of carbonyl (C=O) groups is 2. The van der Waals surface area contributed by atoms with E-state index in [-0.39, 0.29) is 12.5 Å². The van der Waals surface area contributed by atoms with E-state index in [4.69, 9.17) is 21.1 Å². The van der Waals surface area contributed by atoms with Gasteiger partial charge in [0.25, 0.3) is 0 Å². The number of aliphatic carboxylic acids is 1. The monoisotopic (exact) mass is 313 g/mol. The molecule has 21 heavy (non-hydrogen) atoms. The first-order chi connectivity index (χ1) is 10.0. The van der Waals surface area contributed by atoms with Crippen molar-refractivity contribution < 1.29 is 24.2 Å². The molecule has 0 saturated carbocycles. The van der Waals surface area contributed by atoms with Gasteiger partial charge in [-0.1, -0.05) is 23.7 Å². The van der Waals surface area contributed by atoms with Crippen molar-refractivity contribution in [3.05, 3.63) is 34.9 Å². The van der Waals surface area contributed by atoms with Gasteiger partial charge in [-0.05, 0) is 17.7 Å². The molecule has 2 atom stereocenters. The van der Waals surface area contributed by atoms with Gasteiger partial charge >= 0.3 is 5.97 Å². The third-order valence-electron chi connectivity index (χ3n) is 3.30. The number of amides is 1. The zero-order chi connectivity index (χ0) is 15.4. The highest BCUT2D eigenvalue weighted by Crippen LogP contribution is 2.31. The van der Waals surface area contributed by atoms with E-state index in [1.807, 2.05) is 0 Å². The van der Waals surface area contributed by atoms with Crippen LogP contribution >= 0.6 is 11.6 Å². The van der Waals surface area contributed by atoms with E-state index >= 15 is 0 Å². The maximum atomic E-state index is 12.1. The van der Waals surface area contributed by atoms with Crippen LogP contribution in [0.25, 0.3) is 0 Å². The molecule has 0 aliphatic carbocycles. The topological polar surface area (TPSA) is 76.1 Å². The lowest BCUT2D eigenvalue weighted by molar-refractivity contribution is -0.173. The van der Waals surface area contributed by atoms with E-state index in [1.54, 1.807) is 24.3 Å². The number of hydrogen-bond acceptors (Lipinski definition) is 4. The Bertz CT molecular complexity index is 536. The molecule has 1 aromatic carbocycles. The lowest BCUT2D eigenvalue weighted by Gasteiger charge is -2.39. The van der Waals surface area contributed by atoms with Crippen molar-refractivity contribution in [1.29, 1.82) is 0 Å². The zero-order valence-corrected chi connectivity index (χ0v) is 12.2. The number of ether oxygens (including phenoxy) is 2. The fraction of sp³-hybridized carbons (Fsp3) is 0.429. The van der Waals surface area contributed by atoms with E-state index in [0.717, 1.165) is 0 Å². The molecule has 0 aromatic heterocycles. The quantitative estimate of drug-likeness (QED) is 0.887. The number of carboxylic acids is 1. The number of morpholine rings is 1. The minimum Gasteiger partial charge on any atom is -0.479 e. The fourth-order valence-electron chi connectivity index (χ4n) is 2.36. The maximum Gasteiger partial charge on any atom is 0.335 e. The third kappa shape index (κ3) is 3.53. The van der Waals surface area contributed by atoms with Gasteiger partial charge in [-0.3, -0.25) is 4.79 Å². The summed E-state index contributed by atoms with van der Waals surface area (Å²) >= 11 is 5.96. The second-order valence-corrected chi connectivity index (χ2v) is 5.09. The molecule has 6 nitrogen and oxygen atoms in total. The molecule has 0 spiro atoms. The van der Waals surface area contributed by atoms with Gasteiger partial charge in [0.2, 0.25) is 5.91 Å². The predicted octanol–water partition coefficient (Wildman–Crippen LogP) is 1.34. The van der Waals surface area contributed by atoms with Crippen LogP contribution in [0.2, 0.25) is 5.02 Å². The van der Waals surface area contributed by atoms with Crippen molar-refractivity contribution in [3.63, 3.8) is 0 Å². The molecule has 2 unspecified atom stereocenters. The zero-order valence-electron chi connectivity index (χ0n) is 11.5. The Hall–Kier alpha value is -1.63. The van der Waals surface area contributed by atoms with Crippen molar-refractivity contribution in [3.8, 4) is 0 Å². The Kier molecular flexibility index (Phi) is 5.17. The first-order valence-corrected chi connectivity index (χ1v) is 6.80. The summed E-state index contributed by atoms with van der Waals surface area (Å²) < 4.78 is 10.2. The maximum absolute atomic E-state index is 12.1. The van der Waals surface area contributed by atoms with E-state index in [2.05, 4.69) is 0 Å². The van der Waals surface area contributed by atoms with Crippen molar-refractivity contribution in [2.75, 3.05) is 26.9 Å². The molecule has 1 aliphatic heterocycles. The van der Waals surface area contributed by atoms with Crippen LogP contribution < -0.4 is 0 Å². The fourth-order valence-corrected chi connectivity index (χ4v) is 2.56. The van der Waals surface area contributed by atoms with E-state index in [0.29, 0.717) is 23.7 Å². The number of hydrogen-bond donors (Lipinski definition) is 1. The molecule has 0 radical (unpaired) electrons. The lowest BCUT2D eigenvalue weighted by atomic mass is 9.97. The Morgan fingerprint density at radius 2 is 2.33 bits per heavy atom. The molecule has 1 aliphatic rings. The number of carboxylic acid groups (broad SMARTS) is 1. The van der Waals surface area contributed by atoms with Gasteiger partial charge < -0.3 is 19.5 Å². The molecule has 1 fully saturated rings. The lowest BCUT2D eigenvalue weighted by Crippen LogP contribution is -2.52. The highest BCUT2D eigenvalue weighted by Gasteiger charge is 2.41. The molecule has 1 N–H and O–H groups in total. The largest absolute Gasteiger partial charge is 0.479 e. The second kappa shape index (κ2) is 6.89. The summed E-state index contributed by atoms with van der Waals surface area (Å²) in [6.07, 6.45) is -1.13. The predicted molar refractivity (Wildman–Crippen MR) is 75.2 cm³/mol. The molecular weight excluding hydrogens is 298 g/mol. The summed E-state index contributed by atoms with van der Waals surface area (Å²) in [6, 6.07) is 6.05. The Morgan fingerprint density at radius 1 is 1.57 bits per heavy atom. The summed E-state index contributed by atoms with van der Waals surface area (Å²) in [5.74, 6) is -1.38. The summed E-state index contributed by atoms with van der Waals surface area (Å²) in [6.45, 7) is 0.354. The van der Waals surface area contributed by atoms with Gasteiger partial charge in [0, 0.05) is 18.7 Å². The second-order valence-electron chi connectivity index (χ2n) is 4.65. The van der Waals surface area contributed by atoms with Crippen molar-refractivity contribution in [1.82, 2.24) is 4.90 Å². The smallest absolute Gasteiger partial charge is 0.335 e. The first kappa shape index (κ1) is 15.8. The van der Waals surface area contributed by atoms with E-state index in [9.17, 15) is 14.7 Å². The van der Waals surface area contributed by atoms with Crippen LogP contribution in [0.3, 0.4) is 0 Å². The Morgan fingerprint density at radius 3 is 2.95 bits per heavy atom. The summed E-state index contributed by atoms with van der Waals surface area (Å²) in [4.78, 5) is 24.9. The van der Waals surface area contributed by atoms with Gasteiger partial charge in [0.05, 0.1) is 12.6 Å². The molecule has 2 rings (SSSR count). The molecule has 1 saturated heterocycles. The number of benzene rings is 1. The summed E-state index contributed by atoms with van der Waals surface area (Å²) in [5.41, 5.74) is 0.624. The minimum atomic E-state index is -1.13. The van der Waals surface area contributed by atoms with Crippen LogP contribution in [-0.4, -0.2) is 54.9 Å². The number of halogens is 1. The average molecular weight is 314 g/mol. The van der Waals surface area contributed by atoms with Crippen molar-refractivity contribution in [2.24, 2.45) is 0 Å². The Labute approximate surface area is 127 Å². The van der Waals surface area contributed by atoms with Crippen LogP contribution in [-0.2, 0) is 19.1 Å². The minimum absolute atomic E-state index is 0.252. The SMILES string of the molecule is COCCN1C(=O)COC(C(=O)O)C1c1cccc(Cl)c1. The molecule has 1 amide bonds. The molecule has 114 valence electrons. The summed E-state index contributed by atoms with van der Waals surface area (Å²) in [7, 11) is 1.52. The van der Waals surface area contributed by atoms with Crippen LogP contribution in [0, 0.1) is 0 Å². The number of methoxy groups -OCH3 is 1. The third-order valence-corrected chi connectivity index (χ3v) is 3.53. The van der Waals surface area contributed by atoms with Crippen LogP contribution in [0.4, 0.5) is 0 Å². The molecular formula is C14H16ClNO5.